The summed E-state index contributed by atoms with van der Waals surface area (Å²) in [6.45, 7) is 0. The van der Waals surface area contributed by atoms with E-state index in [0.29, 0.717) is 0 Å². The number of carbonyl (C=O) groups is 1. The highest BCUT2D eigenvalue weighted by Crippen LogP contribution is 2.15. The summed E-state index contributed by atoms with van der Waals surface area (Å²) in [5.74, 6) is -1.92. The molecule has 0 aliphatic carbocycles. The number of nitriles is 1. The number of benzene rings is 1. The van der Waals surface area contributed by atoms with Crippen molar-refractivity contribution in [2.24, 2.45) is 0 Å². The molecule has 3 nitrogen and oxygen atoms in total. The number of carboxylic acid groups (broad SMARTS) is 1. The summed E-state index contributed by atoms with van der Waals surface area (Å²) in [5, 5.41) is 17.1. The first-order valence-electron chi connectivity index (χ1n) is 3.84. The average molecular weight is 317 g/mol. The van der Waals surface area contributed by atoms with Crippen molar-refractivity contribution in [3.05, 3.63) is 38.7 Å². The summed E-state index contributed by atoms with van der Waals surface area (Å²) in [4.78, 5) is 10.5. The van der Waals surface area contributed by atoms with E-state index in [4.69, 9.17) is 10.4 Å². The van der Waals surface area contributed by atoms with Gasteiger partial charge in [0.2, 0.25) is 0 Å². The van der Waals surface area contributed by atoms with Gasteiger partial charge in [-0.25, -0.2) is 9.18 Å². The molecule has 0 radical (unpaired) electrons. The van der Waals surface area contributed by atoms with E-state index in [1.807, 2.05) is 22.6 Å². The first kappa shape index (κ1) is 11.7. The molecule has 0 bridgehead atoms. The molecule has 15 heavy (non-hydrogen) atoms. The summed E-state index contributed by atoms with van der Waals surface area (Å²) in [6.07, 6.45) is 1.01. The molecule has 0 spiro atoms. The Hall–Kier alpha value is -1.42. The molecular formula is C10H5FINO2. The number of nitrogens with zero attached hydrogens (tertiary/aromatic N) is 1. The third kappa shape index (κ3) is 3.02. The zero-order valence-corrected chi connectivity index (χ0v) is 9.53. The van der Waals surface area contributed by atoms with Crippen molar-refractivity contribution in [3.63, 3.8) is 0 Å². The van der Waals surface area contributed by atoms with Crippen molar-refractivity contribution >= 4 is 34.6 Å². The van der Waals surface area contributed by atoms with Crippen LogP contribution in [0.3, 0.4) is 0 Å². The fourth-order valence-electron chi connectivity index (χ4n) is 0.923. The van der Waals surface area contributed by atoms with Crippen molar-refractivity contribution in [3.8, 4) is 6.07 Å². The Morgan fingerprint density at radius 2 is 2.27 bits per heavy atom. The highest BCUT2D eigenvalue weighted by molar-refractivity contribution is 14.1. The van der Waals surface area contributed by atoms with Gasteiger partial charge >= 0.3 is 5.97 Å². The summed E-state index contributed by atoms with van der Waals surface area (Å²) in [5.41, 5.74) is -0.392. The molecule has 0 atom stereocenters. The molecule has 0 aromatic heterocycles. The maximum absolute atomic E-state index is 13.2. The van der Waals surface area contributed by atoms with E-state index < -0.39 is 17.4 Å². The second kappa shape index (κ2) is 4.89. The number of halogens is 2. The van der Waals surface area contributed by atoms with Crippen molar-refractivity contribution in [2.75, 3.05) is 0 Å². The van der Waals surface area contributed by atoms with Crippen LogP contribution in [-0.2, 0) is 4.79 Å². The van der Waals surface area contributed by atoms with Crippen LogP contribution in [0.25, 0.3) is 6.08 Å². The molecule has 1 aromatic rings. The quantitative estimate of drug-likeness (QED) is 0.518. The Balaban J connectivity index is 3.23. The third-order valence-electron chi connectivity index (χ3n) is 1.61. The molecule has 5 heteroatoms. The Morgan fingerprint density at radius 3 is 2.80 bits per heavy atom. The maximum atomic E-state index is 13.2. The van der Waals surface area contributed by atoms with Crippen LogP contribution in [0.2, 0.25) is 0 Å². The smallest absolute Gasteiger partial charge is 0.346 e. The van der Waals surface area contributed by atoms with Crippen LogP contribution in [0, 0.1) is 20.7 Å². The van der Waals surface area contributed by atoms with E-state index in [9.17, 15) is 9.18 Å². The van der Waals surface area contributed by atoms with Crippen LogP contribution >= 0.6 is 22.6 Å². The molecule has 76 valence electrons. The molecule has 0 amide bonds. The molecule has 0 aliphatic heterocycles. The van der Waals surface area contributed by atoms with E-state index in [2.05, 4.69) is 0 Å². The minimum atomic E-state index is -1.37. The Labute approximate surface area is 99.0 Å². The summed E-state index contributed by atoms with van der Waals surface area (Å²) in [6, 6.07) is 5.74. The largest absolute Gasteiger partial charge is 0.477 e. The van der Waals surface area contributed by atoms with E-state index in [1.54, 1.807) is 6.07 Å². The summed E-state index contributed by atoms with van der Waals surface area (Å²) in [7, 11) is 0. The second-order valence-electron chi connectivity index (χ2n) is 2.64. The topological polar surface area (TPSA) is 61.1 Å². The lowest BCUT2D eigenvalue weighted by Gasteiger charge is -1.98. The number of hydrogen-bond acceptors (Lipinski definition) is 2. The monoisotopic (exact) mass is 317 g/mol. The normalized spacial score (nSPS) is 10.9. The van der Waals surface area contributed by atoms with Gasteiger partial charge in [-0.3, -0.25) is 0 Å². The molecular weight excluding hydrogens is 312 g/mol. The number of aliphatic carboxylic acids is 1. The first-order chi connectivity index (χ1) is 7.04. The fourth-order valence-corrected chi connectivity index (χ4v) is 1.44. The predicted octanol–water partition coefficient (Wildman–Crippen LogP) is 2.42. The minimum absolute atomic E-state index is 0.0980. The fraction of sp³-hybridized carbons (Fsp3) is 0. The van der Waals surface area contributed by atoms with Gasteiger partial charge < -0.3 is 5.11 Å². The SMILES string of the molecule is N#C/C(=C\c1cc(I)ccc1F)C(=O)O. The summed E-state index contributed by atoms with van der Waals surface area (Å²) >= 11 is 1.97. The lowest BCUT2D eigenvalue weighted by atomic mass is 10.1. The van der Waals surface area contributed by atoms with Gasteiger partial charge in [0.05, 0.1) is 0 Å². The predicted molar refractivity (Wildman–Crippen MR) is 60.3 cm³/mol. The van der Waals surface area contributed by atoms with Crippen molar-refractivity contribution < 1.29 is 14.3 Å². The minimum Gasteiger partial charge on any atom is -0.477 e. The molecule has 1 aromatic carbocycles. The Morgan fingerprint density at radius 1 is 1.60 bits per heavy atom. The standard InChI is InChI=1S/C10H5FINO2/c11-9-2-1-8(12)4-6(9)3-7(5-13)10(14)15/h1-4H,(H,14,15)/b7-3+. The number of hydrogen-bond donors (Lipinski definition) is 1. The van der Waals surface area contributed by atoms with Gasteiger partial charge in [-0.15, -0.1) is 0 Å². The van der Waals surface area contributed by atoms with Crippen LogP contribution in [0.1, 0.15) is 5.56 Å². The average Bonchev–Trinajstić information content (AvgIpc) is 2.18. The van der Waals surface area contributed by atoms with E-state index in [0.717, 1.165) is 9.65 Å². The highest BCUT2D eigenvalue weighted by Gasteiger charge is 2.08. The van der Waals surface area contributed by atoms with E-state index in [-0.39, 0.29) is 5.56 Å². The lowest BCUT2D eigenvalue weighted by Crippen LogP contribution is -1.98. The molecule has 0 saturated heterocycles. The maximum Gasteiger partial charge on any atom is 0.346 e. The van der Waals surface area contributed by atoms with Crippen LogP contribution in [0.5, 0.6) is 0 Å². The van der Waals surface area contributed by atoms with E-state index in [1.165, 1.54) is 18.2 Å². The Kier molecular flexibility index (Phi) is 3.80. The first-order valence-corrected chi connectivity index (χ1v) is 4.92. The van der Waals surface area contributed by atoms with Crippen LogP contribution in [-0.4, -0.2) is 11.1 Å². The molecule has 1 N–H and O–H groups in total. The third-order valence-corrected chi connectivity index (χ3v) is 2.28. The molecule has 0 saturated carbocycles. The lowest BCUT2D eigenvalue weighted by molar-refractivity contribution is -0.132. The molecule has 0 heterocycles. The van der Waals surface area contributed by atoms with Crippen LogP contribution in [0.15, 0.2) is 23.8 Å². The zero-order valence-electron chi connectivity index (χ0n) is 7.37. The molecule has 0 fully saturated rings. The number of carboxylic acids is 1. The molecule has 1 rings (SSSR count). The molecule has 0 aliphatic rings. The van der Waals surface area contributed by atoms with Gasteiger partial charge in [0.25, 0.3) is 0 Å². The zero-order chi connectivity index (χ0) is 11.4. The summed E-state index contributed by atoms with van der Waals surface area (Å²) < 4.78 is 13.9. The molecule has 0 unspecified atom stereocenters. The van der Waals surface area contributed by atoms with Crippen molar-refractivity contribution in [2.45, 2.75) is 0 Å². The van der Waals surface area contributed by atoms with Crippen molar-refractivity contribution in [1.82, 2.24) is 0 Å². The van der Waals surface area contributed by atoms with Crippen LogP contribution < -0.4 is 0 Å². The van der Waals surface area contributed by atoms with E-state index >= 15 is 0 Å². The van der Waals surface area contributed by atoms with Gasteiger partial charge in [0.1, 0.15) is 17.5 Å². The van der Waals surface area contributed by atoms with Gasteiger partial charge in [0, 0.05) is 9.13 Å². The van der Waals surface area contributed by atoms with Gasteiger partial charge in [0.15, 0.2) is 0 Å². The van der Waals surface area contributed by atoms with Crippen LogP contribution in [0.4, 0.5) is 4.39 Å². The van der Waals surface area contributed by atoms with Crippen molar-refractivity contribution in [1.29, 1.82) is 5.26 Å². The highest BCUT2D eigenvalue weighted by atomic mass is 127. The van der Waals surface area contributed by atoms with Gasteiger partial charge in [-0.2, -0.15) is 5.26 Å². The Bertz CT molecular complexity index is 477. The number of rotatable bonds is 2. The second-order valence-corrected chi connectivity index (χ2v) is 3.89. The van der Waals surface area contributed by atoms with Gasteiger partial charge in [-0.05, 0) is 46.9 Å². The van der Waals surface area contributed by atoms with Gasteiger partial charge in [-0.1, -0.05) is 0 Å².